The van der Waals surface area contributed by atoms with Gasteiger partial charge >= 0.3 is 0 Å². The lowest BCUT2D eigenvalue weighted by atomic mass is 9.94. The monoisotopic (exact) mass is 307 g/mol. The summed E-state index contributed by atoms with van der Waals surface area (Å²) in [7, 11) is 3.31. The second kappa shape index (κ2) is 7.84. The Labute approximate surface area is 133 Å². The molecule has 22 heavy (non-hydrogen) atoms. The van der Waals surface area contributed by atoms with Crippen molar-refractivity contribution in [2.24, 2.45) is 0 Å². The van der Waals surface area contributed by atoms with Crippen LogP contribution in [0.4, 0.5) is 0 Å². The van der Waals surface area contributed by atoms with Crippen LogP contribution in [0.5, 0.6) is 11.5 Å². The number of rotatable bonds is 8. The largest absolute Gasteiger partial charge is 0.493 e. The Morgan fingerprint density at radius 1 is 1.18 bits per heavy atom. The maximum absolute atomic E-state index is 9.78. The minimum atomic E-state index is -0.0722. The third kappa shape index (κ3) is 3.93. The molecule has 1 aromatic rings. The number of aliphatic hydroxyl groups excluding tert-OH is 1. The lowest BCUT2D eigenvalue weighted by molar-refractivity contribution is 0.149. The molecular weight excluding hydrogens is 278 g/mol. The van der Waals surface area contributed by atoms with Crippen LogP contribution >= 0.6 is 0 Å². The van der Waals surface area contributed by atoms with Gasteiger partial charge in [0.25, 0.3) is 0 Å². The van der Waals surface area contributed by atoms with Crippen molar-refractivity contribution in [2.45, 2.75) is 57.0 Å². The van der Waals surface area contributed by atoms with Crippen molar-refractivity contribution in [1.29, 1.82) is 0 Å². The van der Waals surface area contributed by atoms with Gasteiger partial charge in [-0.2, -0.15) is 0 Å². The molecule has 1 aromatic carbocycles. The zero-order valence-corrected chi connectivity index (χ0v) is 14.0. The predicted octanol–water partition coefficient (Wildman–Crippen LogP) is 2.92. The van der Waals surface area contributed by atoms with Gasteiger partial charge < -0.3 is 19.9 Å². The fourth-order valence-electron chi connectivity index (χ4n) is 3.42. The van der Waals surface area contributed by atoms with Gasteiger partial charge in [0.15, 0.2) is 11.5 Å². The summed E-state index contributed by atoms with van der Waals surface area (Å²) >= 11 is 0. The molecular formula is C18H29NO3. The van der Waals surface area contributed by atoms with E-state index in [0.717, 1.165) is 37.2 Å². The van der Waals surface area contributed by atoms with Crippen molar-refractivity contribution in [3.05, 3.63) is 23.8 Å². The number of aliphatic hydroxyl groups is 1. The standard InChI is InChI=1S/C18H29NO3/c1-4-15(19-18(13-20)9-5-6-10-18)11-14-7-8-16(21-2)17(12-14)22-3/h7-8,12,15,19-20H,4-6,9-11,13H2,1-3H3. The molecule has 2 rings (SSSR count). The minimum absolute atomic E-state index is 0.0722. The third-order valence-electron chi connectivity index (χ3n) is 4.80. The Bertz CT molecular complexity index is 469. The van der Waals surface area contributed by atoms with Crippen molar-refractivity contribution >= 4 is 0 Å². The molecule has 1 atom stereocenters. The van der Waals surface area contributed by atoms with E-state index in [1.54, 1.807) is 14.2 Å². The van der Waals surface area contributed by atoms with E-state index in [-0.39, 0.29) is 12.1 Å². The predicted molar refractivity (Wildman–Crippen MR) is 88.7 cm³/mol. The van der Waals surface area contributed by atoms with Gasteiger partial charge in [0.2, 0.25) is 0 Å². The van der Waals surface area contributed by atoms with Crippen molar-refractivity contribution in [3.63, 3.8) is 0 Å². The minimum Gasteiger partial charge on any atom is -0.493 e. The second-order valence-corrected chi connectivity index (χ2v) is 6.29. The van der Waals surface area contributed by atoms with Crippen LogP contribution in [0.15, 0.2) is 18.2 Å². The number of hydrogen-bond acceptors (Lipinski definition) is 4. The number of nitrogens with one attached hydrogen (secondary N) is 1. The summed E-state index contributed by atoms with van der Waals surface area (Å²) in [5.41, 5.74) is 1.15. The molecule has 0 aliphatic heterocycles. The maximum atomic E-state index is 9.78. The molecule has 1 fully saturated rings. The first-order chi connectivity index (χ1) is 10.7. The SMILES string of the molecule is CCC(Cc1ccc(OC)c(OC)c1)NC1(CO)CCCC1. The first-order valence-electron chi connectivity index (χ1n) is 8.26. The van der Waals surface area contributed by atoms with Gasteiger partial charge in [-0.05, 0) is 43.4 Å². The van der Waals surface area contributed by atoms with Crippen molar-refractivity contribution in [2.75, 3.05) is 20.8 Å². The first kappa shape index (κ1) is 17.1. The van der Waals surface area contributed by atoms with Gasteiger partial charge in [0.05, 0.1) is 20.8 Å². The third-order valence-corrected chi connectivity index (χ3v) is 4.80. The molecule has 1 aliphatic carbocycles. The molecule has 4 nitrogen and oxygen atoms in total. The molecule has 0 saturated heterocycles. The van der Waals surface area contributed by atoms with Crippen LogP contribution in [-0.2, 0) is 6.42 Å². The molecule has 0 radical (unpaired) electrons. The summed E-state index contributed by atoms with van der Waals surface area (Å²) in [6, 6.07) is 6.46. The fourth-order valence-corrected chi connectivity index (χ4v) is 3.42. The first-order valence-corrected chi connectivity index (χ1v) is 8.26. The molecule has 0 spiro atoms. The summed E-state index contributed by atoms with van der Waals surface area (Å²) in [6.07, 6.45) is 6.53. The highest BCUT2D eigenvalue weighted by Gasteiger charge is 2.34. The maximum Gasteiger partial charge on any atom is 0.160 e. The summed E-state index contributed by atoms with van der Waals surface area (Å²) in [6.45, 7) is 2.42. The van der Waals surface area contributed by atoms with Gasteiger partial charge in [-0.3, -0.25) is 0 Å². The quantitative estimate of drug-likeness (QED) is 0.775. The van der Waals surface area contributed by atoms with Gasteiger partial charge in [-0.15, -0.1) is 0 Å². The lowest BCUT2D eigenvalue weighted by Gasteiger charge is -2.33. The van der Waals surface area contributed by atoms with Crippen LogP contribution in [0.1, 0.15) is 44.6 Å². The highest BCUT2D eigenvalue weighted by molar-refractivity contribution is 5.43. The van der Waals surface area contributed by atoms with Gasteiger partial charge in [-0.25, -0.2) is 0 Å². The highest BCUT2D eigenvalue weighted by atomic mass is 16.5. The molecule has 0 aromatic heterocycles. The smallest absolute Gasteiger partial charge is 0.160 e. The molecule has 1 aliphatic rings. The number of benzene rings is 1. The van der Waals surface area contributed by atoms with Gasteiger partial charge in [0, 0.05) is 11.6 Å². The van der Waals surface area contributed by atoms with E-state index < -0.39 is 0 Å². The number of hydrogen-bond donors (Lipinski definition) is 2. The van der Waals surface area contributed by atoms with Crippen LogP contribution in [-0.4, -0.2) is 37.5 Å². The normalized spacial score (nSPS) is 18.2. The topological polar surface area (TPSA) is 50.7 Å². The molecule has 124 valence electrons. The molecule has 1 unspecified atom stereocenters. The molecule has 0 heterocycles. The molecule has 1 saturated carbocycles. The molecule has 4 heteroatoms. The summed E-state index contributed by atoms with van der Waals surface area (Å²) in [5, 5.41) is 13.5. The number of methoxy groups -OCH3 is 2. The van der Waals surface area contributed by atoms with E-state index in [9.17, 15) is 5.11 Å². The van der Waals surface area contributed by atoms with Crippen molar-refractivity contribution < 1.29 is 14.6 Å². The fraction of sp³-hybridized carbons (Fsp3) is 0.667. The Morgan fingerprint density at radius 2 is 1.86 bits per heavy atom. The van der Waals surface area contributed by atoms with Crippen molar-refractivity contribution in [1.82, 2.24) is 5.32 Å². The molecule has 2 N–H and O–H groups in total. The van der Waals surface area contributed by atoms with E-state index in [1.165, 1.54) is 18.4 Å². The Kier molecular flexibility index (Phi) is 6.09. The Morgan fingerprint density at radius 3 is 2.41 bits per heavy atom. The van der Waals surface area contributed by atoms with E-state index in [2.05, 4.69) is 18.3 Å². The van der Waals surface area contributed by atoms with Gasteiger partial charge in [0.1, 0.15) is 0 Å². The average Bonchev–Trinajstić information content (AvgIpc) is 3.03. The van der Waals surface area contributed by atoms with E-state index >= 15 is 0 Å². The molecule has 0 amide bonds. The van der Waals surface area contributed by atoms with Crippen LogP contribution in [0.25, 0.3) is 0 Å². The van der Waals surface area contributed by atoms with Gasteiger partial charge in [-0.1, -0.05) is 25.8 Å². The number of ether oxygens (including phenoxy) is 2. The summed E-state index contributed by atoms with van der Waals surface area (Å²) < 4.78 is 10.7. The van der Waals surface area contributed by atoms with Crippen LogP contribution in [0.3, 0.4) is 0 Å². The zero-order chi connectivity index (χ0) is 16.0. The lowest BCUT2D eigenvalue weighted by Crippen LogP contribution is -2.51. The van der Waals surface area contributed by atoms with Crippen LogP contribution < -0.4 is 14.8 Å². The Balaban J connectivity index is 2.06. The van der Waals surface area contributed by atoms with E-state index in [4.69, 9.17) is 9.47 Å². The summed E-state index contributed by atoms with van der Waals surface area (Å²) in [4.78, 5) is 0. The van der Waals surface area contributed by atoms with Crippen LogP contribution in [0, 0.1) is 0 Å². The summed E-state index contributed by atoms with van der Waals surface area (Å²) in [5.74, 6) is 1.53. The van der Waals surface area contributed by atoms with E-state index in [1.807, 2.05) is 12.1 Å². The van der Waals surface area contributed by atoms with Crippen LogP contribution in [0.2, 0.25) is 0 Å². The second-order valence-electron chi connectivity index (χ2n) is 6.29. The van der Waals surface area contributed by atoms with E-state index in [0.29, 0.717) is 6.04 Å². The molecule has 0 bridgehead atoms. The Hall–Kier alpha value is -1.26. The average molecular weight is 307 g/mol. The zero-order valence-electron chi connectivity index (χ0n) is 14.0. The van der Waals surface area contributed by atoms with Crippen molar-refractivity contribution in [3.8, 4) is 11.5 Å². The highest BCUT2D eigenvalue weighted by Crippen LogP contribution is 2.31.